The van der Waals surface area contributed by atoms with E-state index in [-0.39, 0.29) is 0 Å². The molecule has 1 saturated heterocycles. The van der Waals surface area contributed by atoms with Crippen LogP contribution in [0.15, 0.2) is 0 Å². The van der Waals surface area contributed by atoms with E-state index in [1.54, 1.807) is 0 Å². The Morgan fingerprint density at radius 2 is 1.80 bits per heavy atom. The minimum atomic E-state index is 0.521. The zero-order chi connectivity index (χ0) is 14.2. The first-order valence-corrected chi connectivity index (χ1v) is 9.60. The highest BCUT2D eigenvalue weighted by atomic mass is 32.2. The Kier molecular flexibility index (Phi) is 4.41. The molecule has 0 N–H and O–H groups in total. The number of hydrogen-bond donors (Lipinski definition) is 0. The molecule has 3 rings (SSSR count). The Labute approximate surface area is 129 Å². The van der Waals surface area contributed by atoms with Gasteiger partial charge >= 0.3 is 0 Å². The molecule has 0 aromatic rings. The molecule has 0 unspecified atom stereocenters. The van der Waals surface area contributed by atoms with Crippen LogP contribution in [0.25, 0.3) is 0 Å². The van der Waals surface area contributed by atoms with Gasteiger partial charge in [0.15, 0.2) is 0 Å². The molecule has 0 aromatic heterocycles. The van der Waals surface area contributed by atoms with Crippen molar-refractivity contribution in [2.45, 2.75) is 52.4 Å². The third kappa shape index (κ3) is 3.20. The maximum atomic E-state index is 5.61. The number of hydrogen-bond acceptors (Lipinski definition) is 3. The van der Waals surface area contributed by atoms with E-state index in [1.807, 2.05) is 6.26 Å². The molecular weight excluding hydrogens is 266 g/mol. The summed E-state index contributed by atoms with van der Waals surface area (Å²) >= 11 is 1.53. The molecule has 0 atom stereocenters. The molecule has 20 heavy (non-hydrogen) atoms. The van der Waals surface area contributed by atoms with Crippen molar-refractivity contribution in [1.29, 1.82) is 0 Å². The molecule has 0 radical (unpaired) electrons. The highest BCUT2D eigenvalue weighted by Crippen LogP contribution is 2.55. The predicted molar refractivity (Wildman–Crippen MR) is 86.8 cm³/mol. The summed E-state index contributed by atoms with van der Waals surface area (Å²) in [5.74, 6) is 1.92. The van der Waals surface area contributed by atoms with Gasteiger partial charge in [-0.1, -0.05) is 13.8 Å². The van der Waals surface area contributed by atoms with E-state index in [2.05, 4.69) is 18.7 Å². The third-order valence-corrected chi connectivity index (χ3v) is 6.60. The molecular formula is C17H31NOS. The molecule has 1 spiro atoms. The molecule has 3 aliphatic rings. The zero-order valence-corrected chi connectivity index (χ0v) is 14.3. The molecule has 1 heterocycles. The quantitative estimate of drug-likeness (QED) is 0.681. The summed E-state index contributed by atoms with van der Waals surface area (Å²) in [6.45, 7) is 9.73. The van der Waals surface area contributed by atoms with Crippen molar-refractivity contribution in [3.63, 3.8) is 0 Å². The zero-order valence-electron chi connectivity index (χ0n) is 13.5. The van der Waals surface area contributed by atoms with Crippen molar-refractivity contribution in [3.05, 3.63) is 0 Å². The lowest BCUT2D eigenvalue weighted by atomic mass is 9.55. The monoisotopic (exact) mass is 297 g/mol. The summed E-state index contributed by atoms with van der Waals surface area (Å²) in [5.41, 5.74) is 1.27. The molecule has 3 fully saturated rings. The van der Waals surface area contributed by atoms with Crippen LogP contribution in [-0.2, 0) is 4.18 Å². The van der Waals surface area contributed by atoms with E-state index < -0.39 is 0 Å². The molecule has 116 valence electrons. The first-order valence-electron chi connectivity index (χ1n) is 8.45. The highest BCUT2D eigenvalue weighted by molar-refractivity contribution is 7.93. The van der Waals surface area contributed by atoms with E-state index in [4.69, 9.17) is 4.18 Å². The van der Waals surface area contributed by atoms with E-state index in [0.717, 1.165) is 23.9 Å². The van der Waals surface area contributed by atoms with Crippen LogP contribution in [0.1, 0.15) is 52.4 Å². The Hall–Kier alpha value is 0.270. The fourth-order valence-electron chi connectivity index (χ4n) is 4.30. The van der Waals surface area contributed by atoms with Gasteiger partial charge in [-0.3, -0.25) is 0 Å². The number of piperidine rings is 1. The molecule has 2 saturated carbocycles. The maximum absolute atomic E-state index is 5.61. The lowest BCUT2D eigenvalue weighted by molar-refractivity contribution is -0.0353. The molecule has 2 aliphatic carbocycles. The third-order valence-electron chi connectivity index (χ3n) is 6.25. The summed E-state index contributed by atoms with van der Waals surface area (Å²) in [4.78, 5) is 2.73. The second-order valence-electron chi connectivity index (χ2n) is 8.12. The molecule has 0 bridgehead atoms. The summed E-state index contributed by atoms with van der Waals surface area (Å²) in [6.07, 6.45) is 10.7. The van der Waals surface area contributed by atoms with Crippen molar-refractivity contribution in [2.75, 3.05) is 32.5 Å². The van der Waals surface area contributed by atoms with Crippen LogP contribution < -0.4 is 0 Å². The van der Waals surface area contributed by atoms with Gasteiger partial charge in [0.25, 0.3) is 0 Å². The molecule has 0 amide bonds. The van der Waals surface area contributed by atoms with E-state index >= 15 is 0 Å². The first-order chi connectivity index (χ1) is 9.56. The average molecular weight is 298 g/mol. The van der Waals surface area contributed by atoms with Gasteiger partial charge in [-0.05, 0) is 80.9 Å². The average Bonchev–Trinajstić information content (AvgIpc) is 3.15. The highest BCUT2D eigenvalue weighted by Gasteiger charge is 2.49. The second-order valence-corrected chi connectivity index (χ2v) is 8.69. The number of rotatable bonds is 6. The van der Waals surface area contributed by atoms with Crippen molar-refractivity contribution < 1.29 is 4.18 Å². The van der Waals surface area contributed by atoms with Gasteiger partial charge in [0.2, 0.25) is 0 Å². The van der Waals surface area contributed by atoms with Crippen LogP contribution in [0.2, 0.25) is 0 Å². The Morgan fingerprint density at radius 3 is 2.30 bits per heavy atom. The van der Waals surface area contributed by atoms with Crippen LogP contribution >= 0.6 is 12.0 Å². The molecule has 3 heteroatoms. The van der Waals surface area contributed by atoms with Crippen molar-refractivity contribution in [2.24, 2.45) is 22.7 Å². The first kappa shape index (κ1) is 15.2. The van der Waals surface area contributed by atoms with E-state index in [1.165, 1.54) is 70.2 Å². The lowest BCUT2D eigenvalue weighted by Crippen LogP contribution is -2.49. The van der Waals surface area contributed by atoms with Gasteiger partial charge in [0.05, 0.1) is 6.61 Å². The van der Waals surface area contributed by atoms with Crippen LogP contribution in [0, 0.1) is 22.7 Å². The van der Waals surface area contributed by atoms with Crippen molar-refractivity contribution >= 4 is 12.0 Å². The maximum Gasteiger partial charge on any atom is 0.0682 e. The fourth-order valence-corrected chi connectivity index (χ4v) is 4.67. The SMILES string of the molecule is CSOCC1(CN2CCC3(CC2)CC(C(C)C)C3)CC1. The minimum Gasteiger partial charge on any atom is -0.315 e. The van der Waals surface area contributed by atoms with Crippen LogP contribution in [0.5, 0.6) is 0 Å². The molecule has 2 nitrogen and oxygen atoms in total. The molecule has 1 aliphatic heterocycles. The standard InChI is InChI=1S/C17H31NOS/c1-14(2)15-10-16(11-15)6-8-18(9-7-16)12-17(4-5-17)13-19-20-3/h14-15H,4-13H2,1-3H3. The van der Waals surface area contributed by atoms with Gasteiger partial charge < -0.3 is 9.08 Å². The van der Waals surface area contributed by atoms with Crippen LogP contribution in [0.3, 0.4) is 0 Å². The largest absolute Gasteiger partial charge is 0.315 e. The molecule has 0 aromatic carbocycles. The van der Waals surface area contributed by atoms with E-state index in [9.17, 15) is 0 Å². The van der Waals surface area contributed by atoms with Crippen molar-refractivity contribution in [3.8, 4) is 0 Å². The Balaban J connectivity index is 1.41. The van der Waals surface area contributed by atoms with Gasteiger partial charge in [0, 0.05) is 18.2 Å². The van der Waals surface area contributed by atoms with Crippen LogP contribution in [-0.4, -0.2) is 37.4 Å². The normalized spacial score (nSPS) is 28.8. The summed E-state index contributed by atoms with van der Waals surface area (Å²) in [5, 5.41) is 0. The van der Waals surface area contributed by atoms with E-state index in [0.29, 0.717) is 5.41 Å². The topological polar surface area (TPSA) is 12.5 Å². The van der Waals surface area contributed by atoms with Crippen LogP contribution in [0.4, 0.5) is 0 Å². The van der Waals surface area contributed by atoms with Gasteiger partial charge in [0.1, 0.15) is 0 Å². The summed E-state index contributed by atoms with van der Waals surface area (Å²) in [7, 11) is 0. The summed E-state index contributed by atoms with van der Waals surface area (Å²) in [6, 6.07) is 0. The Morgan fingerprint density at radius 1 is 1.15 bits per heavy atom. The number of nitrogens with zero attached hydrogens (tertiary/aromatic N) is 1. The van der Waals surface area contributed by atoms with Gasteiger partial charge in [-0.15, -0.1) is 0 Å². The van der Waals surface area contributed by atoms with Crippen molar-refractivity contribution in [1.82, 2.24) is 4.90 Å². The smallest absolute Gasteiger partial charge is 0.0682 e. The summed E-state index contributed by atoms with van der Waals surface area (Å²) < 4.78 is 5.61. The lowest BCUT2D eigenvalue weighted by Gasteiger charge is -2.54. The van der Waals surface area contributed by atoms with Gasteiger partial charge in [-0.2, -0.15) is 0 Å². The predicted octanol–water partition coefficient (Wildman–Crippen LogP) is 4.21. The van der Waals surface area contributed by atoms with Gasteiger partial charge in [-0.25, -0.2) is 0 Å². The second kappa shape index (κ2) is 5.81. The fraction of sp³-hybridized carbons (Fsp3) is 1.00. The minimum absolute atomic E-state index is 0.521. The number of likely N-dealkylation sites (tertiary alicyclic amines) is 1. The Bertz CT molecular complexity index is 324.